The number of methoxy groups -OCH3 is 1. The van der Waals surface area contributed by atoms with Crippen molar-refractivity contribution in [2.24, 2.45) is 5.92 Å². The Hall–Kier alpha value is -0.545. The third-order valence-electron chi connectivity index (χ3n) is 2.13. The summed E-state index contributed by atoms with van der Waals surface area (Å²) in [6.45, 7) is 0. The van der Waals surface area contributed by atoms with Gasteiger partial charge >= 0.3 is 13.1 Å². The van der Waals surface area contributed by atoms with Gasteiger partial charge in [0.2, 0.25) is 0 Å². The Kier molecular flexibility index (Phi) is 2.51. The lowest BCUT2D eigenvalue weighted by Crippen LogP contribution is -2.36. The Morgan fingerprint density at radius 2 is 2.09 bits per heavy atom. The zero-order chi connectivity index (χ0) is 8.43. The number of esters is 1. The van der Waals surface area contributed by atoms with Crippen LogP contribution in [0.25, 0.3) is 0 Å². The molecule has 0 spiro atoms. The molecule has 1 saturated carbocycles. The quantitative estimate of drug-likeness (QED) is 0.416. The van der Waals surface area contributed by atoms with Crippen molar-refractivity contribution >= 4 is 13.1 Å². The minimum atomic E-state index is -1.28. The third kappa shape index (κ3) is 1.72. The number of rotatable bonds is 2. The van der Waals surface area contributed by atoms with Gasteiger partial charge < -0.3 is 14.8 Å². The molecule has 0 aliphatic heterocycles. The maximum Gasteiger partial charge on any atom is 0.454 e. The van der Waals surface area contributed by atoms with E-state index in [-0.39, 0.29) is 17.7 Å². The second kappa shape index (κ2) is 3.23. The van der Waals surface area contributed by atoms with Gasteiger partial charge in [0.15, 0.2) is 0 Å². The predicted octanol–water partition coefficient (Wildman–Crippen LogP) is -0.588. The van der Waals surface area contributed by atoms with Crippen LogP contribution in [-0.2, 0) is 9.53 Å². The molecule has 0 aromatic rings. The topological polar surface area (TPSA) is 66.8 Å². The second-order valence-corrected chi connectivity index (χ2v) is 2.87. The largest absolute Gasteiger partial charge is 0.469 e. The van der Waals surface area contributed by atoms with Crippen LogP contribution >= 0.6 is 0 Å². The zero-order valence-corrected chi connectivity index (χ0v) is 6.36. The molecule has 1 rings (SSSR count). The molecule has 0 bridgehead atoms. The van der Waals surface area contributed by atoms with Gasteiger partial charge in [-0.2, -0.15) is 0 Å². The first-order valence-corrected chi connectivity index (χ1v) is 3.59. The van der Waals surface area contributed by atoms with Crippen LogP contribution in [0.15, 0.2) is 0 Å². The predicted molar refractivity (Wildman–Crippen MR) is 38.7 cm³/mol. The molecule has 4 nitrogen and oxygen atoms in total. The van der Waals surface area contributed by atoms with Crippen molar-refractivity contribution in [1.29, 1.82) is 0 Å². The highest BCUT2D eigenvalue weighted by molar-refractivity contribution is 6.43. The van der Waals surface area contributed by atoms with Crippen LogP contribution in [-0.4, -0.2) is 30.2 Å². The molecule has 0 aromatic heterocycles. The van der Waals surface area contributed by atoms with Crippen molar-refractivity contribution in [3.63, 3.8) is 0 Å². The van der Waals surface area contributed by atoms with E-state index in [4.69, 9.17) is 10.0 Å². The summed E-state index contributed by atoms with van der Waals surface area (Å²) in [6, 6.07) is 0. The molecule has 11 heavy (non-hydrogen) atoms. The summed E-state index contributed by atoms with van der Waals surface area (Å²) >= 11 is 0. The first-order chi connectivity index (χ1) is 5.15. The van der Waals surface area contributed by atoms with E-state index in [1.165, 1.54) is 7.11 Å². The van der Waals surface area contributed by atoms with Crippen LogP contribution in [0, 0.1) is 5.92 Å². The van der Waals surface area contributed by atoms with E-state index in [1.54, 1.807) is 0 Å². The van der Waals surface area contributed by atoms with Crippen LogP contribution in [0.2, 0.25) is 5.82 Å². The molecule has 2 N–H and O–H groups in total. The molecule has 0 atom stereocenters. The van der Waals surface area contributed by atoms with E-state index in [1.807, 2.05) is 0 Å². The molecule has 0 aromatic carbocycles. The second-order valence-electron chi connectivity index (χ2n) is 2.87. The smallest absolute Gasteiger partial charge is 0.454 e. The van der Waals surface area contributed by atoms with Gasteiger partial charge in [-0.3, -0.25) is 4.79 Å². The zero-order valence-electron chi connectivity index (χ0n) is 6.36. The Bertz CT molecular complexity index is 153. The molecule has 1 aliphatic carbocycles. The fraction of sp³-hybridized carbons (Fsp3) is 0.833. The molecule has 0 amide bonds. The summed E-state index contributed by atoms with van der Waals surface area (Å²) in [5.74, 6) is -0.507. The fourth-order valence-corrected chi connectivity index (χ4v) is 1.26. The minimum absolute atomic E-state index is 0.119. The summed E-state index contributed by atoms with van der Waals surface area (Å²) in [5, 5.41) is 17.3. The van der Waals surface area contributed by atoms with E-state index in [9.17, 15) is 4.79 Å². The van der Waals surface area contributed by atoms with Crippen molar-refractivity contribution in [2.45, 2.75) is 18.7 Å². The van der Waals surface area contributed by atoms with E-state index < -0.39 is 7.12 Å². The van der Waals surface area contributed by atoms with Gasteiger partial charge in [-0.25, -0.2) is 0 Å². The molecule has 62 valence electrons. The SMILES string of the molecule is COC(=O)C1CC(B(O)O)C1. The standard InChI is InChI=1S/C6H11BO4/c1-11-6(8)4-2-5(3-4)7(9)10/h4-5,9-10H,2-3H2,1H3. The van der Waals surface area contributed by atoms with Crippen molar-refractivity contribution in [3.05, 3.63) is 0 Å². The van der Waals surface area contributed by atoms with E-state index >= 15 is 0 Å². The molecule has 0 radical (unpaired) electrons. The lowest BCUT2D eigenvalue weighted by atomic mass is 9.56. The lowest BCUT2D eigenvalue weighted by molar-refractivity contribution is -0.148. The highest BCUT2D eigenvalue weighted by atomic mass is 16.5. The maximum absolute atomic E-state index is 10.8. The normalized spacial score (nSPS) is 29.0. The van der Waals surface area contributed by atoms with E-state index in [0.29, 0.717) is 12.8 Å². The molecule has 1 aliphatic rings. The van der Waals surface area contributed by atoms with Gasteiger partial charge in [0, 0.05) is 0 Å². The number of hydrogen-bond acceptors (Lipinski definition) is 4. The summed E-state index contributed by atoms with van der Waals surface area (Å²) in [6.07, 6.45) is 1.06. The van der Waals surface area contributed by atoms with Crippen LogP contribution in [0.3, 0.4) is 0 Å². The van der Waals surface area contributed by atoms with Crippen molar-refractivity contribution in [2.75, 3.05) is 7.11 Å². The van der Waals surface area contributed by atoms with Gasteiger partial charge in [0.25, 0.3) is 0 Å². The first kappa shape index (κ1) is 8.55. The average molecular weight is 158 g/mol. The van der Waals surface area contributed by atoms with Gasteiger partial charge in [-0.05, 0) is 18.7 Å². The third-order valence-corrected chi connectivity index (χ3v) is 2.13. The van der Waals surface area contributed by atoms with E-state index in [0.717, 1.165) is 0 Å². The fourth-order valence-electron chi connectivity index (χ4n) is 1.26. The maximum atomic E-state index is 10.8. The monoisotopic (exact) mass is 158 g/mol. The minimum Gasteiger partial charge on any atom is -0.469 e. The Labute approximate surface area is 65.3 Å². The van der Waals surface area contributed by atoms with Crippen molar-refractivity contribution in [3.8, 4) is 0 Å². The van der Waals surface area contributed by atoms with Crippen molar-refractivity contribution in [1.82, 2.24) is 0 Å². The molecule has 1 fully saturated rings. The highest BCUT2D eigenvalue weighted by Gasteiger charge is 2.41. The average Bonchev–Trinajstić information content (AvgIpc) is 1.83. The van der Waals surface area contributed by atoms with Crippen molar-refractivity contribution < 1.29 is 19.6 Å². The molecule has 0 heterocycles. The summed E-state index contributed by atoms with van der Waals surface area (Å²) in [7, 11) is 0.0568. The number of carbonyl (C=O) groups excluding carboxylic acids is 1. The van der Waals surface area contributed by atoms with Crippen LogP contribution in [0.1, 0.15) is 12.8 Å². The van der Waals surface area contributed by atoms with Crippen LogP contribution in [0.4, 0.5) is 0 Å². The van der Waals surface area contributed by atoms with Crippen LogP contribution in [0.5, 0.6) is 0 Å². The van der Waals surface area contributed by atoms with Gasteiger partial charge in [0.1, 0.15) is 0 Å². The van der Waals surface area contributed by atoms with Crippen LogP contribution < -0.4 is 0 Å². The Morgan fingerprint density at radius 3 is 2.45 bits per heavy atom. The number of hydrogen-bond donors (Lipinski definition) is 2. The lowest BCUT2D eigenvalue weighted by Gasteiger charge is -2.32. The summed E-state index contributed by atoms with van der Waals surface area (Å²) in [5.41, 5.74) is 0. The highest BCUT2D eigenvalue weighted by Crippen LogP contribution is 2.40. The number of ether oxygens (including phenoxy) is 1. The van der Waals surface area contributed by atoms with Gasteiger partial charge in [0.05, 0.1) is 13.0 Å². The number of carbonyl (C=O) groups is 1. The molecule has 0 unspecified atom stereocenters. The van der Waals surface area contributed by atoms with Gasteiger partial charge in [-0.1, -0.05) is 0 Å². The van der Waals surface area contributed by atoms with Gasteiger partial charge in [-0.15, -0.1) is 0 Å². The summed E-state index contributed by atoms with van der Waals surface area (Å²) in [4.78, 5) is 10.8. The summed E-state index contributed by atoms with van der Waals surface area (Å²) < 4.78 is 4.48. The van der Waals surface area contributed by atoms with E-state index in [2.05, 4.69) is 4.74 Å². The Balaban J connectivity index is 2.24. The molecule has 0 saturated heterocycles. The molecule has 5 heteroatoms. The Morgan fingerprint density at radius 1 is 1.55 bits per heavy atom. The molecular formula is C6H11BO4. The first-order valence-electron chi connectivity index (χ1n) is 3.59. The molecular weight excluding hydrogens is 147 g/mol.